The molecule has 1 aromatic rings. The second-order valence-corrected chi connectivity index (χ2v) is 4.38. The molecule has 0 fully saturated rings. The second-order valence-electron chi connectivity index (χ2n) is 3.46. The normalized spacial score (nSPS) is 11.9. The van der Waals surface area contributed by atoms with Crippen molar-refractivity contribution < 1.29 is 14.6 Å². The Balaban J connectivity index is 2.72. The van der Waals surface area contributed by atoms with Gasteiger partial charge in [-0.05, 0) is 18.2 Å². The van der Waals surface area contributed by atoms with Crippen molar-refractivity contribution in [3.8, 4) is 5.75 Å². The quantitative estimate of drug-likeness (QED) is 0.874. The lowest BCUT2D eigenvalue weighted by Crippen LogP contribution is -2.19. The Bertz CT molecular complexity index is 381. The van der Waals surface area contributed by atoms with Crippen molar-refractivity contribution in [2.24, 2.45) is 5.92 Å². The summed E-state index contributed by atoms with van der Waals surface area (Å²) in [5.74, 6) is -0.564. The van der Waals surface area contributed by atoms with Gasteiger partial charge in [0.15, 0.2) is 0 Å². The van der Waals surface area contributed by atoms with Crippen LogP contribution in [0.3, 0.4) is 0 Å². The highest BCUT2D eigenvalue weighted by Crippen LogP contribution is 2.27. The number of rotatable bonds is 5. The molecule has 0 spiro atoms. The van der Waals surface area contributed by atoms with Crippen LogP contribution < -0.4 is 10.1 Å². The number of carboxylic acid groups (broad SMARTS) is 1. The third-order valence-electron chi connectivity index (χ3n) is 2.18. The molecule has 0 aliphatic carbocycles. The highest BCUT2D eigenvalue weighted by atomic mass is 79.9. The largest absolute Gasteiger partial charge is 0.495 e. The summed E-state index contributed by atoms with van der Waals surface area (Å²) in [5, 5.41) is 11.8. The van der Waals surface area contributed by atoms with Crippen LogP contribution in [0, 0.1) is 5.92 Å². The summed E-state index contributed by atoms with van der Waals surface area (Å²) in [7, 11) is 1.58. The van der Waals surface area contributed by atoms with Crippen molar-refractivity contribution in [1.82, 2.24) is 0 Å². The summed E-state index contributed by atoms with van der Waals surface area (Å²) in [6.45, 7) is 2.02. The topological polar surface area (TPSA) is 58.6 Å². The number of halogens is 1. The average Bonchev–Trinajstić information content (AvgIpc) is 2.25. The van der Waals surface area contributed by atoms with Gasteiger partial charge in [0, 0.05) is 11.0 Å². The first-order chi connectivity index (χ1) is 7.54. The minimum atomic E-state index is -0.818. The van der Waals surface area contributed by atoms with E-state index in [0.717, 1.165) is 10.2 Å². The molecule has 0 aliphatic rings. The summed E-state index contributed by atoms with van der Waals surface area (Å²) in [4.78, 5) is 10.7. The van der Waals surface area contributed by atoms with Crippen LogP contribution in [0.15, 0.2) is 22.7 Å². The number of hydrogen-bond donors (Lipinski definition) is 2. The molecule has 1 unspecified atom stereocenters. The van der Waals surface area contributed by atoms with Crippen LogP contribution in [0.2, 0.25) is 0 Å². The van der Waals surface area contributed by atoms with E-state index in [0.29, 0.717) is 12.3 Å². The number of nitrogens with one attached hydrogen (secondary N) is 1. The third kappa shape index (κ3) is 3.41. The van der Waals surface area contributed by atoms with Gasteiger partial charge in [-0.25, -0.2) is 0 Å². The Hall–Kier alpha value is -1.23. The number of methoxy groups -OCH3 is 1. The van der Waals surface area contributed by atoms with E-state index < -0.39 is 11.9 Å². The fraction of sp³-hybridized carbons (Fsp3) is 0.364. The smallest absolute Gasteiger partial charge is 0.308 e. The fourth-order valence-corrected chi connectivity index (χ4v) is 1.53. The first kappa shape index (κ1) is 12.8. The van der Waals surface area contributed by atoms with Gasteiger partial charge in [-0.15, -0.1) is 0 Å². The van der Waals surface area contributed by atoms with Crippen LogP contribution in [0.1, 0.15) is 6.92 Å². The monoisotopic (exact) mass is 287 g/mol. The van der Waals surface area contributed by atoms with E-state index >= 15 is 0 Å². The van der Waals surface area contributed by atoms with E-state index in [1.807, 2.05) is 18.2 Å². The number of benzene rings is 1. The van der Waals surface area contributed by atoms with Gasteiger partial charge in [0.05, 0.1) is 18.7 Å². The highest BCUT2D eigenvalue weighted by Gasteiger charge is 2.11. The molecule has 0 radical (unpaired) electrons. The van der Waals surface area contributed by atoms with Crippen molar-refractivity contribution in [3.05, 3.63) is 22.7 Å². The molecule has 1 aromatic carbocycles. The average molecular weight is 288 g/mol. The molecule has 0 heterocycles. The molecule has 4 nitrogen and oxygen atoms in total. The number of carboxylic acids is 1. The van der Waals surface area contributed by atoms with Gasteiger partial charge < -0.3 is 15.2 Å². The molecule has 2 N–H and O–H groups in total. The van der Waals surface area contributed by atoms with Gasteiger partial charge in [-0.3, -0.25) is 4.79 Å². The summed E-state index contributed by atoms with van der Waals surface area (Å²) in [6, 6.07) is 5.54. The molecule has 5 heteroatoms. The zero-order valence-corrected chi connectivity index (χ0v) is 10.7. The molecule has 16 heavy (non-hydrogen) atoms. The first-order valence-electron chi connectivity index (χ1n) is 4.84. The Morgan fingerprint density at radius 1 is 1.62 bits per heavy atom. The molecule has 0 bridgehead atoms. The zero-order valence-electron chi connectivity index (χ0n) is 9.16. The molecule has 1 rings (SSSR count). The minimum Gasteiger partial charge on any atom is -0.495 e. The number of anilines is 1. The van der Waals surface area contributed by atoms with Gasteiger partial charge in [0.2, 0.25) is 0 Å². The predicted molar refractivity (Wildman–Crippen MR) is 66.0 cm³/mol. The zero-order chi connectivity index (χ0) is 12.1. The lowest BCUT2D eigenvalue weighted by molar-refractivity contribution is -0.140. The Morgan fingerprint density at radius 3 is 2.88 bits per heavy atom. The van der Waals surface area contributed by atoms with Gasteiger partial charge in [0.25, 0.3) is 0 Å². The Labute approximate surface area is 103 Å². The first-order valence-corrected chi connectivity index (χ1v) is 5.64. The van der Waals surface area contributed by atoms with Gasteiger partial charge in [-0.1, -0.05) is 22.9 Å². The van der Waals surface area contributed by atoms with E-state index in [1.54, 1.807) is 14.0 Å². The maximum Gasteiger partial charge on any atom is 0.308 e. The summed E-state index contributed by atoms with van der Waals surface area (Å²) in [6.07, 6.45) is 0. The van der Waals surface area contributed by atoms with Crippen molar-refractivity contribution in [3.63, 3.8) is 0 Å². The molecular weight excluding hydrogens is 274 g/mol. The Kier molecular flexibility index (Phi) is 4.61. The van der Waals surface area contributed by atoms with Crippen molar-refractivity contribution in [1.29, 1.82) is 0 Å². The predicted octanol–water partition coefficient (Wildman–Crippen LogP) is 2.59. The molecule has 0 saturated carbocycles. The summed E-state index contributed by atoms with van der Waals surface area (Å²) >= 11 is 3.35. The van der Waals surface area contributed by atoms with Gasteiger partial charge in [-0.2, -0.15) is 0 Å². The van der Waals surface area contributed by atoms with Crippen LogP contribution in [0.25, 0.3) is 0 Å². The van der Waals surface area contributed by atoms with E-state index in [-0.39, 0.29) is 0 Å². The van der Waals surface area contributed by atoms with Crippen LogP contribution >= 0.6 is 15.9 Å². The van der Waals surface area contributed by atoms with Gasteiger partial charge in [0.1, 0.15) is 5.75 Å². The maximum absolute atomic E-state index is 10.7. The van der Waals surface area contributed by atoms with Crippen LogP contribution in [0.5, 0.6) is 5.75 Å². The van der Waals surface area contributed by atoms with E-state index in [4.69, 9.17) is 9.84 Å². The molecule has 0 amide bonds. The number of ether oxygens (including phenoxy) is 1. The van der Waals surface area contributed by atoms with Crippen LogP contribution in [-0.2, 0) is 4.79 Å². The second kappa shape index (κ2) is 5.75. The number of hydrogen-bond acceptors (Lipinski definition) is 3. The fourth-order valence-electron chi connectivity index (χ4n) is 1.17. The molecule has 0 aliphatic heterocycles. The van der Waals surface area contributed by atoms with Gasteiger partial charge >= 0.3 is 5.97 Å². The van der Waals surface area contributed by atoms with Crippen molar-refractivity contribution in [2.45, 2.75) is 6.92 Å². The Morgan fingerprint density at radius 2 is 2.31 bits per heavy atom. The molecular formula is C11H14BrNO3. The molecule has 0 aromatic heterocycles. The van der Waals surface area contributed by atoms with E-state index in [1.165, 1.54) is 0 Å². The van der Waals surface area contributed by atoms with E-state index in [2.05, 4.69) is 21.2 Å². The molecule has 1 atom stereocenters. The standard InChI is InChI=1S/C11H14BrNO3/c1-7(11(14)15)6-13-9-5-8(12)3-4-10(9)16-2/h3-5,7,13H,6H2,1-2H3,(H,14,15). The van der Waals surface area contributed by atoms with Crippen molar-refractivity contribution >= 4 is 27.6 Å². The minimum absolute atomic E-state index is 0.363. The molecule has 88 valence electrons. The van der Waals surface area contributed by atoms with E-state index in [9.17, 15) is 4.79 Å². The van der Waals surface area contributed by atoms with Crippen LogP contribution in [-0.4, -0.2) is 24.7 Å². The SMILES string of the molecule is COc1ccc(Br)cc1NCC(C)C(=O)O. The third-order valence-corrected chi connectivity index (χ3v) is 2.68. The number of aliphatic carboxylic acids is 1. The summed E-state index contributed by atoms with van der Waals surface area (Å²) < 4.78 is 6.08. The number of carbonyl (C=O) groups is 1. The highest BCUT2D eigenvalue weighted by molar-refractivity contribution is 9.10. The lowest BCUT2D eigenvalue weighted by Gasteiger charge is -2.13. The summed E-state index contributed by atoms with van der Waals surface area (Å²) in [5.41, 5.74) is 0.782. The van der Waals surface area contributed by atoms with Crippen molar-refractivity contribution in [2.75, 3.05) is 19.0 Å². The maximum atomic E-state index is 10.7. The molecule has 0 saturated heterocycles. The lowest BCUT2D eigenvalue weighted by atomic mass is 10.2. The van der Waals surface area contributed by atoms with Crippen LogP contribution in [0.4, 0.5) is 5.69 Å².